The highest BCUT2D eigenvalue weighted by Gasteiger charge is 2.09. The average Bonchev–Trinajstić information content (AvgIpc) is 2.79. The highest BCUT2D eigenvalue weighted by molar-refractivity contribution is 5.68. The topological polar surface area (TPSA) is 86.5 Å². The average molecular weight is 378 g/mol. The fourth-order valence-electron chi connectivity index (χ4n) is 2.84. The number of anilines is 3. The molecule has 0 fully saturated rings. The van der Waals surface area contributed by atoms with Gasteiger partial charge in [-0.05, 0) is 24.3 Å². The number of aromatic nitrogens is 3. The number of hydrogen-bond donors (Lipinski definition) is 2. The van der Waals surface area contributed by atoms with E-state index in [0.29, 0.717) is 29.6 Å². The van der Waals surface area contributed by atoms with Gasteiger partial charge in [0.05, 0.1) is 29.2 Å². The van der Waals surface area contributed by atoms with Gasteiger partial charge in [0.1, 0.15) is 11.9 Å². The Balaban J connectivity index is 1.67. The lowest BCUT2D eigenvalue weighted by Gasteiger charge is -2.12. The monoisotopic (exact) mass is 378 g/mol. The van der Waals surface area contributed by atoms with Gasteiger partial charge in [-0.3, -0.25) is 4.98 Å². The second kappa shape index (κ2) is 8.63. The molecular weight excluding hydrogens is 360 g/mol. The Bertz CT molecular complexity index is 1140. The molecule has 0 amide bonds. The molecule has 0 saturated carbocycles. The van der Waals surface area contributed by atoms with E-state index in [-0.39, 0.29) is 0 Å². The van der Waals surface area contributed by atoms with Crippen LogP contribution in [0.4, 0.5) is 17.5 Å². The van der Waals surface area contributed by atoms with Crippen molar-refractivity contribution in [3.05, 3.63) is 96.3 Å². The molecule has 0 bridgehead atoms. The molecule has 0 spiro atoms. The van der Waals surface area contributed by atoms with Crippen LogP contribution in [-0.4, -0.2) is 15.0 Å². The van der Waals surface area contributed by atoms with Gasteiger partial charge in [-0.25, -0.2) is 4.98 Å². The number of para-hydroxylation sites is 1. The molecule has 2 heterocycles. The van der Waals surface area contributed by atoms with Gasteiger partial charge in [0, 0.05) is 17.8 Å². The SMILES string of the molecule is N#Cc1ccccc1Nc1nc(NCc2ccccn2)cc(-c2ccccc2)n1. The third-order valence-electron chi connectivity index (χ3n) is 4.27. The molecule has 0 unspecified atom stereocenters. The summed E-state index contributed by atoms with van der Waals surface area (Å²) < 4.78 is 0. The molecule has 0 aliphatic carbocycles. The number of nitriles is 1. The van der Waals surface area contributed by atoms with Crippen LogP contribution in [0.2, 0.25) is 0 Å². The fraction of sp³-hybridized carbons (Fsp3) is 0.0435. The summed E-state index contributed by atoms with van der Waals surface area (Å²) in [5.41, 5.74) is 3.87. The van der Waals surface area contributed by atoms with Crippen molar-refractivity contribution >= 4 is 17.5 Å². The minimum atomic E-state index is 0.414. The van der Waals surface area contributed by atoms with Gasteiger partial charge in [-0.2, -0.15) is 10.2 Å². The lowest BCUT2D eigenvalue weighted by Crippen LogP contribution is -2.07. The highest BCUT2D eigenvalue weighted by atomic mass is 15.1. The van der Waals surface area contributed by atoms with Crippen LogP contribution >= 0.6 is 0 Å². The molecule has 2 aromatic carbocycles. The number of benzene rings is 2. The zero-order valence-corrected chi connectivity index (χ0v) is 15.6. The predicted octanol–water partition coefficient (Wildman–Crippen LogP) is 4.77. The molecular formula is C23H18N6. The van der Waals surface area contributed by atoms with Crippen molar-refractivity contribution in [2.45, 2.75) is 6.54 Å². The van der Waals surface area contributed by atoms with Crippen LogP contribution in [0.15, 0.2) is 85.1 Å². The van der Waals surface area contributed by atoms with Crippen LogP contribution in [0.25, 0.3) is 11.3 Å². The van der Waals surface area contributed by atoms with Gasteiger partial charge >= 0.3 is 0 Å². The molecule has 4 aromatic rings. The summed E-state index contributed by atoms with van der Waals surface area (Å²) in [6, 6.07) is 27.0. The summed E-state index contributed by atoms with van der Waals surface area (Å²) in [7, 11) is 0. The summed E-state index contributed by atoms with van der Waals surface area (Å²) in [6.07, 6.45) is 1.76. The summed E-state index contributed by atoms with van der Waals surface area (Å²) >= 11 is 0. The minimum absolute atomic E-state index is 0.414. The van der Waals surface area contributed by atoms with E-state index in [2.05, 4.69) is 31.7 Å². The maximum absolute atomic E-state index is 9.34. The van der Waals surface area contributed by atoms with Gasteiger partial charge in [0.15, 0.2) is 0 Å². The Morgan fingerprint density at radius 2 is 1.66 bits per heavy atom. The largest absolute Gasteiger partial charge is 0.364 e. The first kappa shape index (κ1) is 18.1. The van der Waals surface area contributed by atoms with E-state index in [9.17, 15) is 5.26 Å². The van der Waals surface area contributed by atoms with Gasteiger partial charge < -0.3 is 10.6 Å². The third kappa shape index (κ3) is 4.54. The van der Waals surface area contributed by atoms with Crippen molar-refractivity contribution in [1.29, 1.82) is 5.26 Å². The van der Waals surface area contributed by atoms with Crippen LogP contribution in [0.1, 0.15) is 11.3 Å². The predicted molar refractivity (Wildman–Crippen MR) is 113 cm³/mol. The maximum atomic E-state index is 9.34. The fourth-order valence-corrected chi connectivity index (χ4v) is 2.84. The molecule has 2 aromatic heterocycles. The Kier molecular flexibility index (Phi) is 5.40. The quantitative estimate of drug-likeness (QED) is 0.503. The normalized spacial score (nSPS) is 10.2. The molecule has 6 heteroatoms. The van der Waals surface area contributed by atoms with Crippen molar-refractivity contribution in [3.8, 4) is 17.3 Å². The molecule has 29 heavy (non-hydrogen) atoms. The molecule has 0 radical (unpaired) electrons. The van der Waals surface area contributed by atoms with Crippen LogP contribution in [0.3, 0.4) is 0 Å². The zero-order valence-electron chi connectivity index (χ0n) is 15.6. The maximum Gasteiger partial charge on any atom is 0.229 e. The van der Waals surface area contributed by atoms with E-state index in [4.69, 9.17) is 0 Å². The van der Waals surface area contributed by atoms with Gasteiger partial charge in [0.2, 0.25) is 5.95 Å². The Hall–Kier alpha value is -4.24. The highest BCUT2D eigenvalue weighted by Crippen LogP contribution is 2.24. The smallest absolute Gasteiger partial charge is 0.229 e. The number of nitrogens with one attached hydrogen (secondary N) is 2. The first-order valence-corrected chi connectivity index (χ1v) is 9.16. The summed E-state index contributed by atoms with van der Waals surface area (Å²) in [4.78, 5) is 13.5. The van der Waals surface area contributed by atoms with E-state index in [0.717, 1.165) is 17.0 Å². The molecule has 4 rings (SSSR count). The number of pyridine rings is 1. The number of nitrogens with zero attached hydrogens (tertiary/aromatic N) is 4. The van der Waals surface area contributed by atoms with E-state index < -0.39 is 0 Å². The van der Waals surface area contributed by atoms with Crippen LogP contribution < -0.4 is 10.6 Å². The summed E-state index contributed by atoms with van der Waals surface area (Å²) in [5.74, 6) is 1.08. The molecule has 2 N–H and O–H groups in total. The molecule has 0 saturated heterocycles. The van der Waals surface area contributed by atoms with E-state index >= 15 is 0 Å². The lowest BCUT2D eigenvalue weighted by molar-refractivity contribution is 1.02. The van der Waals surface area contributed by atoms with Gasteiger partial charge in [-0.1, -0.05) is 48.5 Å². The molecule has 0 atom stereocenters. The Labute approximate surface area is 168 Å². The first-order chi connectivity index (χ1) is 14.3. The second-order valence-corrected chi connectivity index (χ2v) is 6.29. The minimum Gasteiger partial charge on any atom is -0.364 e. The first-order valence-electron chi connectivity index (χ1n) is 9.16. The lowest BCUT2D eigenvalue weighted by atomic mass is 10.1. The van der Waals surface area contributed by atoms with Crippen LogP contribution in [0, 0.1) is 11.3 Å². The standard InChI is InChI=1S/C23H18N6/c24-15-18-10-4-5-12-20(18)27-23-28-21(17-8-2-1-3-9-17)14-22(29-23)26-16-19-11-6-7-13-25-19/h1-14H,16H2,(H2,26,27,28,29). The van der Waals surface area contributed by atoms with E-state index in [1.165, 1.54) is 0 Å². The molecule has 140 valence electrons. The van der Waals surface area contributed by atoms with Crippen molar-refractivity contribution < 1.29 is 0 Å². The second-order valence-electron chi connectivity index (χ2n) is 6.29. The Morgan fingerprint density at radius 3 is 2.45 bits per heavy atom. The van der Waals surface area contributed by atoms with Gasteiger partial charge in [-0.15, -0.1) is 0 Å². The number of hydrogen-bond acceptors (Lipinski definition) is 6. The zero-order chi connectivity index (χ0) is 19.9. The van der Waals surface area contributed by atoms with Gasteiger partial charge in [0.25, 0.3) is 0 Å². The van der Waals surface area contributed by atoms with Crippen molar-refractivity contribution in [1.82, 2.24) is 15.0 Å². The molecule has 0 aliphatic rings. The number of rotatable bonds is 6. The summed E-state index contributed by atoms with van der Waals surface area (Å²) in [5, 5.41) is 15.8. The van der Waals surface area contributed by atoms with Crippen molar-refractivity contribution in [3.63, 3.8) is 0 Å². The van der Waals surface area contributed by atoms with Crippen molar-refractivity contribution in [2.24, 2.45) is 0 Å². The van der Waals surface area contributed by atoms with Crippen LogP contribution in [-0.2, 0) is 6.54 Å². The Morgan fingerprint density at radius 1 is 0.862 bits per heavy atom. The van der Waals surface area contributed by atoms with Crippen LogP contribution in [0.5, 0.6) is 0 Å². The van der Waals surface area contributed by atoms with E-state index in [1.54, 1.807) is 12.3 Å². The molecule has 0 aliphatic heterocycles. The molecule has 6 nitrogen and oxygen atoms in total. The van der Waals surface area contributed by atoms with Crippen molar-refractivity contribution in [2.75, 3.05) is 10.6 Å². The summed E-state index contributed by atoms with van der Waals surface area (Å²) in [6.45, 7) is 0.542. The van der Waals surface area contributed by atoms with E-state index in [1.807, 2.05) is 72.8 Å². The third-order valence-corrected chi connectivity index (χ3v) is 4.27.